The quantitative estimate of drug-likeness (QED) is 0.221. The molecule has 0 aliphatic rings. The van der Waals surface area contributed by atoms with Gasteiger partial charge in [-0.1, -0.05) is 29.4 Å². The molecule has 0 unspecified atom stereocenters. The van der Waals surface area contributed by atoms with Crippen LogP contribution in [0.3, 0.4) is 0 Å². The van der Waals surface area contributed by atoms with Crippen LogP contribution in [0.5, 0.6) is 0 Å². The highest BCUT2D eigenvalue weighted by Gasteiger charge is 2.04. The smallest absolute Gasteiger partial charge is 0.224 e. The molecule has 0 bridgehead atoms. The third kappa shape index (κ3) is 5.71. The van der Waals surface area contributed by atoms with Gasteiger partial charge < -0.3 is 21.2 Å². The highest BCUT2D eigenvalue weighted by atomic mass is 16.4. The minimum atomic E-state index is 0.000281. The van der Waals surface area contributed by atoms with E-state index < -0.39 is 0 Å². The Morgan fingerprint density at radius 3 is 2.55 bits per heavy atom. The number of carbonyl (C=O) groups is 1. The molecule has 0 saturated heterocycles. The highest BCUT2D eigenvalue weighted by molar-refractivity contribution is 5.97. The van der Waals surface area contributed by atoms with Crippen LogP contribution in [-0.2, 0) is 11.2 Å². The molecule has 1 rings (SSSR count). The lowest BCUT2D eigenvalue weighted by molar-refractivity contribution is -0.120. The van der Waals surface area contributed by atoms with E-state index in [1.54, 1.807) is 24.3 Å². The summed E-state index contributed by atoms with van der Waals surface area (Å²) >= 11 is 0. The average Bonchev–Trinajstić information content (AvgIpc) is 2.43. The monoisotopic (exact) mass is 278 g/mol. The zero-order valence-electron chi connectivity index (χ0n) is 12.0. The Labute approximate surface area is 119 Å². The molecule has 6 nitrogen and oxygen atoms in total. The predicted octanol–water partition coefficient (Wildman–Crippen LogP) is 0.392. The third-order valence-corrected chi connectivity index (χ3v) is 2.83. The van der Waals surface area contributed by atoms with Crippen LogP contribution < -0.4 is 11.1 Å². The molecule has 0 fully saturated rings. The van der Waals surface area contributed by atoms with Crippen molar-refractivity contribution in [3.8, 4) is 0 Å². The fourth-order valence-corrected chi connectivity index (χ4v) is 1.72. The van der Waals surface area contributed by atoms with E-state index in [4.69, 9.17) is 10.9 Å². The molecule has 0 aliphatic heterocycles. The second-order valence-electron chi connectivity index (χ2n) is 4.87. The van der Waals surface area contributed by atoms with E-state index in [9.17, 15) is 4.79 Å². The van der Waals surface area contributed by atoms with Crippen LogP contribution >= 0.6 is 0 Å². The van der Waals surface area contributed by atoms with Gasteiger partial charge in [0, 0.05) is 12.1 Å². The fourth-order valence-electron chi connectivity index (χ4n) is 1.72. The summed E-state index contributed by atoms with van der Waals surface area (Å²) in [6, 6.07) is 7.05. The number of benzene rings is 1. The molecule has 4 N–H and O–H groups in total. The summed E-state index contributed by atoms with van der Waals surface area (Å²) in [6.45, 7) is 1.63. The minimum absolute atomic E-state index is 0.000281. The number of amides is 1. The zero-order chi connectivity index (χ0) is 15.0. The Morgan fingerprint density at radius 1 is 1.35 bits per heavy atom. The van der Waals surface area contributed by atoms with Crippen LogP contribution in [0.15, 0.2) is 29.4 Å². The Kier molecular flexibility index (Phi) is 6.52. The van der Waals surface area contributed by atoms with Crippen molar-refractivity contribution in [1.29, 1.82) is 0 Å². The SMILES string of the molecule is CN(C)CCCNC(=O)Cc1ccc(C(N)=NO)cc1. The number of oxime groups is 1. The molecule has 1 aromatic rings. The summed E-state index contributed by atoms with van der Waals surface area (Å²) in [4.78, 5) is 13.8. The first kappa shape index (κ1) is 16.0. The van der Waals surface area contributed by atoms with Gasteiger partial charge in [-0.2, -0.15) is 0 Å². The van der Waals surface area contributed by atoms with Gasteiger partial charge in [-0.15, -0.1) is 0 Å². The molecule has 20 heavy (non-hydrogen) atoms. The number of carbonyl (C=O) groups excluding carboxylic acids is 1. The van der Waals surface area contributed by atoms with Gasteiger partial charge >= 0.3 is 0 Å². The van der Waals surface area contributed by atoms with Crippen molar-refractivity contribution in [3.05, 3.63) is 35.4 Å². The molecule has 110 valence electrons. The number of rotatable bonds is 7. The van der Waals surface area contributed by atoms with E-state index in [-0.39, 0.29) is 11.7 Å². The molecular formula is C14H22N4O2. The third-order valence-electron chi connectivity index (χ3n) is 2.83. The van der Waals surface area contributed by atoms with Gasteiger partial charge in [0.2, 0.25) is 5.91 Å². The van der Waals surface area contributed by atoms with Crippen molar-refractivity contribution in [3.63, 3.8) is 0 Å². The normalized spacial score (nSPS) is 11.7. The molecule has 0 saturated carbocycles. The average molecular weight is 278 g/mol. The van der Waals surface area contributed by atoms with E-state index in [0.29, 0.717) is 18.5 Å². The van der Waals surface area contributed by atoms with E-state index in [1.165, 1.54) is 0 Å². The van der Waals surface area contributed by atoms with Crippen molar-refractivity contribution < 1.29 is 10.0 Å². The predicted molar refractivity (Wildman–Crippen MR) is 78.8 cm³/mol. The Bertz CT molecular complexity index is 455. The number of amidine groups is 1. The van der Waals surface area contributed by atoms with Crippen molar-refractivity contribution in [2.75, 3.05) is 27.2 Å². The Hall–Kier alpha value is -2.08. The van der Waals surface area contributed by atoms with Crippen molar-refractivity contribution >= 4 is 11.7 Å². The maximum absolute atomic E-state index is 11.7. The van der Waals surface area contributed by atoms with Gasteiger partial charge in [-0.3, -0.25) is 4.79 Å². The van der Waals surface area contributed by atoms with Gasteiger partial charge in [0.25, 0.3) is 0 Å². The molecule has 0 spiro atoms. The number of nitrogens with zero attached hydrogens (tertiary/aromatic N) is 2. The Morgan fingerprint density at radius 2 is 2.00 bits per heavy atom. The summed E-state index contributed by atoms with van der Waals surface area (Å²) < 4.78 is 0. The van der Waals surface area contributed by atoms with Gasteiger partial charge in [-0.25, -0.2) is 0 Å². The van der Waals surface area contributed by atoms with Gasteiger partial charge in [0.15, 0.2) is 5.84 Å². The lowest BCUT2D eigenvalue weighted by atomic mass is 10.1. The van der Waals surface area contributed by atoms with Crippen LogP contribution in [0.2, 0.25) is 0 Å². The van der Waals surface area contributed by atoms with Crippen molar-refractivity contribution in [2.24, 2.45) is 10.9 Å². The van der Waals surface area contributed by atoms with E-state index in [0.717, 1.165) is 18.5 Å². The number of nitrogens with two attached hydrogens (primary N) is 1. The molecule has 0 atom stereocenters. The second kappa shape index (κ2) is 8.16. The lowest BCUT2D eigenvalue weighted by Crippen LogP contribution is -2.28. The van der Waals surface area contributed by atoms with E-state index in [1.807, 2.05) is 14.1 Å². The number of hydrogen-bond donors (Lipinski definition) is 3. The van der Waals surface area contributed by atoms with E-state index in [2.05, 4.69) is 15.4 Å². The fraction of sp³-hybridized carbons (Fsp3) is 0.429. The van der Waals surface area contributed by atoms with Gasteiger partial charge in [0.05, 0.1) is 6.42 Å². The minimum Gasteiger partial charge on any atom is -0.409 e. The zero-order valence-corrected chi connectivity index (χ0v) is 12.0. The summed E-state index contributed by atoms with van der Waals surface area (Å²) in [6.07, 6.45) is 1.26. The number of nitrogens with one attached hydrogen (secondary N) is 1. The van der Waals surface area contributed by atoms with Crippen LogP contribution in [0.1, 0.15) is 17.5 Å². The molecular weight excluding hydrogens is 256 g/mol. The number of hydrogen-bond acceptors (Lipinski definition) is 4. The topological polar surface area (TPSA) is 91.0 Å². The standard InChI is InChI=1S/C14H22N4O2/c1-18(2)9-3-8-16-13(19)10-11-4-6-12(7-5-11)14(15)17-20/h4-7,20H,3,8-10H2,1-2H3,(H2,15,17)(H,16,19). The molecule has 0 radical (unpaired) electrons. The molecule has 1 amide bonds. The van der Waals surface area contributed by atoms with Crippen LogP contribution in [0.25, 0.3) is 0 Å². The van der Waals surface area contributed by atoms with E-state index >= 15 is 0 Å². The maximum atomic E-state index is 11.7. The second-order valence-corrected chi connectivity index (χ2v) is 4.87. The lowest BCUT2D eigenvalue weighted by Gasteiger charge is -2.10. The molecule has 0 heterocycles. The summed E-state index contributed by atoms with van der Waals surface area (Å²) in [5.41, 5.74) is 6.99. The molecule has 6 heteroatoms. The van der Waals surface area contributed by atoms with Crippen LogP contribution in [-0.4, -0.2) is 49.0 Å². The highest BCUT2D eigenvalue weighted by Crippen LogP contribution is 2.05. The van der Waals surface area contributed by atoms with Crippen LogP contribution in [0, 0.1) is 0 Å². The molecule has 0 aromatic heterocycles. The first-order chi connectivity index (χ1) is 9.52. The van der Waals surface area contributed by atoms with Crippen molar-refractivity contribution in [2.45, 2.75) is 12.8 Å². The molecule has 1 aromatic carbocycles. The molecule has 0 aliphatic carbocycles. The Balaban J connectivity index is 2.39. The maximum Gasteiger partial charge on any atom is 0.224 e. The first-order valence-electron chi connectivity index (χ1n) is 6.51. The van der Waals surface area contributed by atoms with Gasteiger partial charge in [-0.05, 0) is 32.6 Å². The van der Waals surface area contributed by atoms with Gasteiger partial charge in [0.1, 0.15) is 0 Å². The summed E-state index contributed by atoms with van der Waals surface area (Å²) in [5.74, 6) is 0.0602. The summed E-state index contributed by atoms with van der Waals surface area (Å²) in [7, 11) is 4.01. The largest absolute Gasteiger partial charge is 0.409 e. The van der Waals surface area contributed by atoms with Crippen molar-refractivity contribution in [1.82, 2.24) is 10.2 Å². The van der Waals surface area contributed by atoms with Crippen LogP contribution in [0.4, 0.5) is 0 Å². The summed E-state index contributed by atoms with van der Waals surface area (Å²) in [5, 5.41) is 14.4. The first-order valence-corrected chi connectivity index (χ1v) is 6.51.